The number of hydrogen-bond donors (Lipinski definition) is 2. The van der Waals surface area contributed by atoms with Gasteiger partial charge < -0.3 is 15.3 Å². The van der Waals surface area contributed by atoms with Crippen LogP contribution in [-0.4, -0.2) is 54.2 Å². The number of carbonyl (C=O) groups excluding carboxylic acids is 1. The van der Waals surface area contributed by atoms with Crippen LogP contribution in [0.2, 0.25) is 0 Å². The second kappa shape index (κ2) is 8.96. The number of nitrogens with one attached hydrogen (secondary N) is 1. The number of benzene rings is 1. The molecule has 0 spiro atoms. The largest absolute Gasteiger partial charge is 0.375 e. The highest BCUT2D eigenvalue weighted by Crippen LogP contribution is 2.36. The van der Waals surface area contributed by atoms with E-state index >= 15 is 0 Å². The summed E-state index contributed by atoms with van der Waals surface area (Å²) in [5.74, 6) is 0.860. The molecule has 4 heterocycles. The fourth-order valence-corrected chi connectivity index (χ4v) is 4.82. The lowest BCUT2D eigenvalue weighted by Crippen LogP contribution is -2.36. The molecule has 1 saturated heterocycles. The van der Waals surface area contributed by atoms with Crippen molar-refractivity contribution in [3.05, 3.63) is 59.7 Å². The molecular weight excluding hydrogens is 450 g/mol. The van der Waals surface area contributed by atoms with Gasteiger partial charge in [-0.25, -0.2) is 15.0 Å². The second-order valence-electron chi connectivity index (χ2n) is 8.31. The highest BCUT2D eigenvalue weighted by atomic mass is 32.1. The number of hydrogen-bond acceptors (Lipinski definition) is 8. The van der Waals surface area contributed by atoms with Gasteiger partial charge in [0, 0.05) is 56.0 Å². The molecule has 9 nitrogen and oxygen atoms in total. The lowest BCUT2D eigenvalue weighted by Gasteiger charge is -2.21. The number of nitrogens with zero attached hydrogens (tertiary/aromatic N) is 6. The number of likely N-dealkylation sites (N-methyl/N-ethyl adjacent to an activating group) is 1. The van der Waals surface area contributed by atoms with Gasteiger partial charge in [-0.1, -0.05) is 25.1 Å². The summed E-state index contributed by atoms with van der Waals surface area (Å²) < 4.78 is 1.88. The molecule has 0 unspecified atom stereocenters. The Hall–Kier alpha value is -3.63. The Bertz CT molecular complexity index is 1330. The predicted octanol–water partition coefficient (Wildman–Crippen LogP) is 3.67. The van der Waals surface area contributed by atoms with Crippen LogP contribution in [0.15, 0.2) is 54.2 Å². The van der Waals surface area contributed by atoms with Gasteiger partial charge in [0.25, 0.3) is 5.91 Å². The van der Waals surface area contributed by atoms with E-state index in [9.17, 15) is 9.90 Å². The number of aryl methyl sites for hydroxylation is 1. The SMILES string of the molecule is CCCn1ccc(Nc2nccc(-c3csc(-c4cccc([C@]5(O)CCN(C)C5=O)c4)n3)n2)n1. The van der Waals surface area contributed by atoms with Crippen LogP contribution in [0.1, 0.15) is 25.3 Å². The molecular formula is C24H25N7O2S. The monoisotopic (exact) mass is 475 g/mol. The van der Waals surface area contributed by atoms with Crippen LogP contribution in [0, 0.1) is 0 Å². The van der Waals surface area contributed by atoms with E-state index in [-0.39, 0.29) is 5.91 Å². The number of rotatable bonds is 7. The minimum atomic E-state index is -1.48. The van der Waals surface area contributed by atoms with Gasteiger partial charge in [0.1, 0.15) is 10.7 Å². The Labute approximate surface area is 201 Å². The van der Waals surface area contributed by atoms with E-state index in [0.29, 0.717) is 36.0 Å². The first kappa shape index (κ1) is 22.2. The maximum atomic E-state index is 12.5. The molecule has 4 aromatic rings. The summed E-state index contributed by atoms with van der Waals surface area (Å²) >= 11 is 1.48. The molecule has 174 valence electrons. The molecule has 34 heavy (non-hydrogen) atoms. The van der Waals surface area contributed by atoms with Crippen molar-refractivity contribution < 1.29 is 9.90 Å². The second-order valence-corrected chi connectivity index (χ2v) is 9.17. The quantitative estimate of drug-likeness (QED) is 0.420. The Morgan fingerprint density at radius 2 is 2.09 bits per heavy atom. The van der Waals surface area contributed by atoms with Crippen molar-refractivity contribution in [1.29, 1.82) is 0 Å². The van der Waals surface area contributed by atoms with Crippen LogP contribution in [0.3, 0.4) is 0 Å². The maximum absolute atomic E-state index is 12.5. The number of aromatic nitrogens is 5. The standard InChI is InChI=1S/C24H25N7O2S/c1-3-11-31-12-8-20(29-31)28-23-25-10-7-18(27-23)19-15-34-21(26-19)16-5-4-6-17(14-16)24(33)9-13-30(2)22(24)32/h4-8,10,12,14-15,33H,3,9,11,13H2,1-2H3,(H,25,27,28,29)/t24-/m1/s1. The Morgan fingerprint density at radius 1 is 1.21 bits per heavy atom. The highest BCUT2D eigenvalue weighted by Gasteiger charge is 2.45. The number of thiazole rings is 1. The average molecular weight is 476 g/mol. The average Bonchev–Trinajstić information content (AvgIpc) is 3.58. The van der Waals surface area contributed by atoms with Crippen molar-refractivity contribution in [2.45, 2.75) is 31.9 Å². The molecule has 5 rings (SSSR count). The molecule has 0 bridgehead atoms. The zero-order chi connectivity index (χ0) is 23.7. The third-order valence-electron chi connectivity index (χ3n) is 5.85. The molecule has 0 radical (unpaired) electrons. The summed E-state index contributed by atoms with van der Waals surface area (Å²) in [7, 11) is 1.71. The van der Waals surface area contributed by atoms with Crippen molar-refractivity contribution in [3.63, 3.8) is 0 Å². The van der Waals surface area contributed by atoms with Crippen molar-refractivity contribution in [3.8, 4) is 22.0 Å². The molecule has 1 fully saturated rings. The van der Waals surface area contributed by atoms with Crippen LogP contribution in [0.5, 0.6) is 0 Å². The summed E-state index contributed by atoms with van der Waals surface area (Å²) in [4.78, 5) is 27.7. The summed E-state index contributed by atoms with van der Waals surface area (Å²) in [5, 5.41) is 21.3. The van der Waals surface area contributed by atoms with Crippen LogP contribution >= 0.6 is 11.3 Å². The zero-order valence-corrected chi connectivity index (χ0v) is 19.8. The smallest absolute Gasteiger partial charge is 0.258 e. The molecule has 1 amide bonds. The van der Waals surface area contributed by atoms with E-state index in [4.69, 9.17) is 4.98 Å². The third kappa shape index (κ3) is 4.17. The Morgan fingerprint density at radius 3 is 2.88 bits per heavy atom. The van der Waals surface area contributed by atoms with Gasteiger partial charge in [0.2, 0.25) is 5.95 Å². The van der Waals surface area contributed by atoms with Gasteiger partial charge in [-0.15, -0.1) is 11.3 Å². The fraction of sp³-hybridized carbons (Fsp3) is 0.292. The first-order valence-electron chi connectivity index (χ1n) is 11.1. The predicted molar refractivity (Wildman–Crippen MR) is 131 cm³/mol. The lowest BCUT2D eigenvalue weighted by atomic mass is 9.91. The molecule has 2 N–H and O–H groups in total. The van der Waals surface area contributed by atoms with E-state index in [1.807, 2.05) is 46.6 Å². The van der Waals surface area contributed by atoms with Crippen molar-refractivity contribution in [2.75, 3.05) is 18.9 Å². The van der Waals surface area contributed by atoms with Crippen molar-refractivity contribution in [1.82, 2.24) is 29.6 Å². The van der Waals surface area contributed by atoms with Gasteiger partial charge in [-0.05, 0) is 24.1 Å². The normalized spacial score (nSPS) is 18.0. The first-order valence-corrected chi connectivity index (χ1v) is 12.0. The van der Waals surface area contributed by atoms with Gasteiger partial charge in [-0.3, -0.25) is 9.48 Å². The molecule has 1 aromatic carbocycles. The van der Waals surface area contributed by atoms with Crippen molar-refractivity contribution in [2.24, 2.45) is 0 Å². The van der Waals surface area contributed by atoms with Crippen LogP contribution < -0.4 is 5.32 Å². The molecule has 0 aliphatic carbocycles. The molecule has 1 aliphatic rings. The minimum Gasteiger partial charge on any atom is -0.375 e. The van der Waals surface area contributed by atoms with E-state index in [1.165, 1.54) is 11.3 Å². The Balaban J connectivity index is 1.37. The van der Waals surface area contributed by atoms with Gasteiger partial charge in [0.15, 0.2) is 11.4 Å². The molecule has 1 aliphatic heterocycles. The highest BCUT2D eigenvalue weighted by molar-refractivity contribution is 7.13. The molecule has 0 saturated carbocycles. The van der Waals surface area contributed by atoms with E-state index < -0.39 is 5.60 Å². The number of likely N-dealkylation sites (tertiary alicyclic amines) is 1. The Kier molecular flexibility index (Phi) is 5.84. The van der Waals surface area contributed by atoms with Gasteiger partial charge in [-0.2, -0.15) is 5.10 Å². The summed E-state index contributed by atoms with van der Waals surface area (Å²) in [5.41, 5.74) is 1.37. The van der Waals surface area contributed by atoms with Crippen LogP contribution in [0.4, 0.5) is 11.8 Å². The van der Waals surface area contributed by atoms with Gasteiger partial charge in [0.05, 0.1) is 5.69 Å². The minimum absolute atomic E-state index is 0.273. The number of anilines is 2. The zero-order valence-electron chi connectivity index (χ0n) is 19.0. The molecule has 1 atom stereocenters. The van der Waals surface area contributed by atoms with E-state index in [1.54, 1.807) is 24.2 Å². The first-order chi connectivity index (χ1) is 16.5. The van der Waals surface area contributed by atoms with E-state index in [2.05, 4.69) is 27.3 Å². The summed E-state index contributed by atoms with van der Waals surface area (Å²) in [6, 6.07) is 11.1. The van der Waals surface area contributed by atoms with E-state index in [0.717, 1.165) is 29.2 Å². The fourth-order valence-electron chi connectivity index (χ4n) is 4.01. The maximum Gasteiger partial charge on any atom is 0.258 e. The third-order valence-corrected chi connectivity index (χ3v) is 6.74. The lowest BCUT2D eigenvalue weighted by molar-refractivity contribution is -0.143. The van der Waals surface area contributed by atoms with Gasteiger partial charge >= 0.3 is 0 Å². The molecule has 3 aromatic heterocycles. The topological polar surface area (TPSA) is 109 Å². The van der Waals surface area contributed by atoms with Crippen LogP contribution in [0.25, 0.3) is 22.0 Å². The number of carbonyl (C=O) groups is 1. The van der Waals surface area contributed by atoms with Crippen molar-refractivity contribution >= 4 is 29.0 Å². The summed E-state index contributed by atoms with van der Waals surface area (Å²) in [6.45, 7) is 3.49. The number of aliphatic hydroxyl groups is 1. The molecule has 10 heteroatoms. The number of amides is 1. The van der Waals surface area contributed by atoms with Crippen LogP contribution in [-0.2, 0) is 16.9 Å². The summed E-state index contributed by atoms with van der Waals surface area (Å²) in [6.07, 6.45) is 4.99.